The minimum atomic E-state index is -1.38. The van der Waals surface area contributed by atoms with Gasteiger partial charge in [0.25, 0.3) is 0 Å². The average molecular weight is 582 g/mol. The fourth-order valence-electron chi connectivity index (χ4n) is 3.66. The van der Waals surface area contributed by atoms with E-state index in [1.165, 1.54) is 18.2 Å². The van der Waals surface area contributed by atoms with Crippen molar-refractivity contribution < 1.29 is 48.0 Å². The lowest BCUT2D eigenvalue weighted by Crippen LogP contribution is -2.40. The Balaban J connectivity index is 3.34. The van der Waals surface area contributed by atoms with Crippen molar-refractivity contribution in [3.63, 3.8) is 0 Å². The fourth-order valence-corrected chi connectivity index (χ4v) is 3.66. The van der Waals surface area contributed by atoms with E-state index < -0.39 is 48.4 Å². The van der Waals surface area contributed by atoms with Crippen LogP contribution in [-0.2, 0) is 23.8 Å². The second-order valence-electron chi connectivity index (χ2n) is 11.1. The quantitative estimate of drug-likeness (QED) is 0.101. The standard InChI is InChI=1S/C30H47NO10/c1-9-10-11-12-25(32)37-16-19(6)26(27(31)28(33)34)22-13-14-23(40-29(35)38-20(7)17(2)3)24(15-22)41-30(36)39-21(8)18(4)5/h13-15,17-21,26-27H,9-12,16,31H2,1-8H3,(H,33,34)/t19?,20?,21?,26?,27-/m0/s1. The molecule has 0 aliphatic carbocycles. The molecule has 0 saturated carbocycles. The van der Waals surface area contributed by atoms with Crippen LogP contribution in [-0.4, -0.2) is 54.2 Å². The maximum Gasteiger partial charge on any atom is 0.514 e. The van der Waals surface area contributed by atoms with E-state index in [0.717, 1.165) is 12.8 Å². The number of unbranched alkanes of at least 4 members (excludes halogenated alkanes) is 2. The molecule has 1 aromatic rings. The summed E-state index contributed by atoms with van der Waals surface area (Å²) in [7, 11) is 0. The molecular weight excluding hydrogens is 534 g/mol. The van der Waals surface area contributed by atoms with Crippen LogP contribution in [0.2, 0.25) is 0 Å². The molecule has 1 rings (SSSR count). The third-order valence-corrected chi connectivity index (χ3v) is 6.96. The monoisotopic (exact) mass is 581 g/mol. The summed E-state index contributed by atoms with van der Waals surface area (Å²) in [6, 6.07) is 2.85. The number of carboxylic acid groups (broad SMARTS) is 1. The van der Waals surface area contributed by atoms with Crippen molar-refractivity contribution >= 4 is 24.2 Å². The second-order valence-corrected chi connectivity index (χ2v) is 11.1. The molecule has 11 nitrogen and oxygen atoms in total. The third kappa shape index (κ3) is 12.4. The lowest BCUT2D eigenvalue weighted by atomic mass is 9.82. The summed E-state index contributed by atoms with van der Waals surface area (Å²) in [5.41, 5.74) is 6.44. The molecule has 0 amide bonds. The van der Waals surface area contributed by atoms with Crippen molar-refractivity contribution in [3.05, 3.63) is 23.8 Å². The smallest absolute Gasteiger partial charge is 0.480 e. The molecule has 41 heavy (non-hydrogen) atoms. The lowest BCUT2D eigenvalue weighted by Gasteiger charge is -2.28. The number of hydrogen-bond donors (Lipinski definition) is 2. The molecule has 0 bridgehead atoms. The highest BCUT2D eigenvalue weighted by molar-refractivity contribution is 5.75. The van der Waals surface area contributed by atoms with Crippen LogP contribution in [0.15, 0.2) is 18.2 Å². The molecule has 0 aliphatic heterocycles. The zero-order valence-corrected chi connectivity index (χ0v) is 25.5. The maximum absolute atomic E-state index is 12.6. The number of benzene rings is 1. The van der Waals surface area contributed by atoms with Gasteiger partial charge in [-0.15, -0.1) is 0 Å². The van der Waals surface area contributed by atoms with E-state index in [1.807, 2.05) is 34.6 Å². The van der Waals surface area contributed by atoms with Gasteiger partial charge < -0.3 is 34.5 Å². The molecule has 0 radical (unpaired) electrons. The van der Waals surface area contributed by atoms with Crippen LogP contribution in [0.4, 0.5) is 9.59 Å². The third-order valence-electron chi connectivity index (χ3n) is 6.96. The van der Waals surface area contributed by atoms with Crippen molar-refractivity contribution in [3.8, 4) is 11.5 Å². The van der Waals surface area contributed by atoms with Gasteiger partial charge in [0.1, 0.15) is 18.2 Å². The highest BCUT2D eigenvalue weighted by atomic mass is 16.7. The summed E-state index contributed by atoms with van der Waals surface area (Å²) in [5.74, 6) is -3.31. The Hall–Kier alpha value is -3.34. The Morgan fingerprint density at radius 2 is 1.37 bits per heavy atom. The van der Waals surface area contributed by atoms with Crippen molar-refractivity contribution in [2.24, 2.45) is 23.5 Å². The van der Waals surface area contributed by atoms with Gasteiger partial charge in [-0.2, -0.15) is 0 Å². The molecule has 1 aromatic carbocycles. The maximum atomic E-state index is 12.6. The summed E-state index contributed by atoms with van der Waals surface area (Å²) in [5, 5.41) is 9.73. The molecule has 0 aromatic heterocycles. The van der Waals surface area contributed by atoms with Gasteiger partial charge in [0.2, 0.25) is 0 Å². The van der Waals surface area contributed by atoms with Crippen LogP contribution in [0.5, 0.6) is 11.5 Å². The second kappa shape index (κ2) is 17.5. The van der Waals surface area contributed by atoms with E-state index >= 15 is 0 Å². The van der Waals surface area contributed by atoms with Gasteiger partial charge in [-0.1, -0.05) is 60.5 Å². The summed E-state index contributed by atoms with van der Waals surface area (Å²) in [4.78, 5) is 49.1. The van der Waals surface area contributed by atoms with Crippen molar-refractivity contribution in [2.45, 2.75) is 105 Å². The first-order chi connectivity index (χ1) is 19.2. The molecule has 232 valence electrons. The van der Waals surface area contributed by atoms with E-state index in [-0.39, 0.29) is 42.3 Å². The molecule has 5 atom stereocenters. The predicted molar refractivity (Wildman–Crippen MR) is 152 cm³/mol. The first-order valence-corrected chi connectivity index (χ1v) is 14.2. The zero-order chi connectivity index (χ0) is 31.3. The molecule has 0 fully saturated rings. The van der Waals surface area contributed by atoms with E-state index in [2.05, 4.69) is 0 Å². The van der Waals surface area contributed by atoms with Gasteiger partial charge in [-0.25, -0.2) is 9.59 Å². The minimum absolute atomic E-state index is 0.0144. The normalized spacial score (nSPS) is 14.9. The first kappa shape index (κ1) is 35.7. The summed E-state index contributed by atoms with van der Waals surface area (Å²) >= 11 is 0. The van der Waals surface area contributed by atoms with Crippen molar-refractivity contribution in [2.75, 3.05) is 6.61 Å². The Morgan fingerprint density at radius 1 is 0.829 bits per heavy atom. The van der Waals surface area contributed by atoms with Crippen LogP contribution in [0.3, 0.4) is 0 Å². The fraction of sp³-hybridized carbons (Fsp3) is 0.667. The molecule has 3 N–H and O–H groups in total. The van der Waals surface area contributed by atoms with E-state index in [4.69, 9.17) is 29.4 Å². The molecule has 11 heteroatoms. The molecule has 0 saturated heterocycles. The molecule has 0 aliphatic rings. The van der Waals surface area contributed by atoms with Crippen LogP contribution < -0.4 is 15.2 Å². The molecule has 0 spiro atoms. The Morgan fingerprint density at radius 3 is 1.85 bits per heavy atom. The van der Waals surface area contributed by atoms with Gasteiger partial charge in [0.05, 0.1) is 6.61 Å². The number of esters is 1. The van der Waals surface area contributed by atoms with Crippen molar-refractivity contribution in [1.29, 1.82) is 0 Å². The van der Waals surface area contributed by atoms with Gasteiger partial charge in [0.15, 0.2) is 11.5 Å². The topological polar surface area (TPSA) is 161 Å². The lowest BCUT2D eigenvalue weighted by molar-refractivity contribution is -0.145. The number of carbonyl (C=O) groups excluding carboxylic acids is 3. The number of aliphatic carboxylic acids is 1. The number of hydrogen-bond acceptors (Lipinski definition) is 10. The average Bonchev–Trinajstić information content (AvgIpc) is 2.88. The number of carboxylic acids is 1. The largest absolute Gasteiger partial charge is 0.514 e. The molecule has 4 unspecified atom stereocenters. The minimum Gasteiger partial charge on any atom is -0.480 e. The van der Waals surface area contributed by atoms with E-state index in [9.17, 15) is 24.3 Å². The summed E-state index contributed by atoms with van der Waals surface area (Å²) in [6.07, 6.45) is -0.117. The van der Waals surface area contributed by atoms with Gasteiger partial charge >= 0.3 is 24.2 Å². The Bertz CT molecular complexity index is 1010. The van der Waals surface area contributed by atoms with Crippen LogP contribution >= 0.6 is 0 Å². The number of ether oxygens (including phenoxy) is 5. The first-order valence-electron chi connectivity index (χ1n) is 14.2. The van der Waals surface area contributed by atoms with E-state index in [1.54, 1.807) is 20.8 Å². The van der Waals surface area contributed by atoms with Gasteiger partial charge in [-0.05, 0) is 55.7 Å². The number of nitrogens with two attached hydrogens (primary N) is 1. The SMILES string of the molecule is CCCCCC(=O)OCC(C)C(c1ccc(OC(=O)OC(C)C(C)C)c(OC(=O)OC(C)C(C)C)c1)[C@H](N)C(=O)O. The number of rotatable bonds is 16. The molecular formula is C30H47NO10. The van der Waals surface area contributed by atoms with Crippen LogP contribution in [0, 0.1) is 17.8 Å². The Kier molecular flexibility index (Phi) is 15.2. The van der Waals surface area contributed by atoms with E-state index in [0.29, 0.717) is 12.0 Å². The highest BCUT2D eigenvalue weighted by Gasteiger charge is 2.33. The predicted octanol–water partition coefficient (Wildman–Crippen LogP) is 6.06. The van der Waals surface area contributed by atoms with Crippen LogP contribution in [0.1, 0.15) is 92.6 Å². The van der Waals surface area contributed by atoms with Crippen molar-refractivity contribution in [1.82, 2.24) is 0 Å². The highest BCUT2D eigenvalue weighted by Crippen LogP contribution is 2.36. The molecule has 0 heterocycles. The van der Waals surface area contributed by atoms with Crippen LogP contribution in [0.25, 0.3) is 0 Å². The summed E-state index contributed by atoms with van der Waals surface area (Å²) < 4.78 is 26.7. The Labute approximate surface area is 243 Å². The summed E-state index contributed by atoms with van der Waals surface area (Å²) in [6.45, 7) is 14.6. The van der Waals surface area contributed by atoms with Gasteiger partial charge in [-0.3, -0.25) is 9.59 Å². The number of carbonyl (C=O) groups is 4. The van der Waals surface area contributed by atoms with Gasteiger partial charge in [0, 0.05) is 12.3 Å². The zero-order valence-electron chi connectivity index (χ0n) is 25.5.